The van der Waals surface area contributed by atoms with Gasteiger partial charge in [0.2, 0.25) is 5.91 Å². The number of nitrogens with zero attached hydrogens (tertiary/aromatic N) is 2. The van der Waals surface area contributed by atoms with Crippen LogP contribution in [0.5, 0.6) is 0 Å². The summed E-state index contributed by atoms with van der Waals surface area (Å²) in [6.45, 7) is 6.53. The molecule has 1 rings (SSSR count). The number of rotatable bonds is 5. The highest BCUT2D eigenvalue weighted by Gasteiger charge is 2.17. The Kier molecular flexibility index (Phi) is 4.69. The average Bonchev–Trinajstić information content (AvgIpc) is 2.58. The van der Waals surface area contributed by atoms with Crippen molar-refractivity contribution in [3.63, 3.8) is 0 Å². The van der Waals surface area contributed by atoms with Crippen LogP contribution in [0.1, 0.15) is 31.1 Å². The van der Waals surface area contributed by atoms with Crippen LogP contribution in [-0.4, -0.2) is 29.3 Å². The van der Waals surface area contributed by atoms with Crippen molar-refractivity contribution in [2.75, 3.05) is 13.6 Å². The molecule has 0 aliphatic rings. The van der Waals surface area contributed by atoms with Crippen molar-refractivity contribution < 1.29 is 4.79 Å². The molecule has 5 nitrogen and oxygen atoms in total. The van der Waals surface area contributed by atoms with Crippen LogP contribution in [0.2, 0.25) is 0 Å². The standard InChI is InChI=1S/C12H22N4O/c1-8(6-13-4)12(17)14-9(2)11-7-16(5)15-10(11)3/h7-9,13H,6H2,1-5H3,(H,14,17). The fourth-order valence-electron chi connectivity index (χ4n) is 1.88. The molecule has 0 saturated heterocycles. The van der Waals surface area contributed by atoms with E-state index in [2.05, 4.69) is 15.7 Å². The topological polar surface area (TPSA) is 59.0 Å². The lowest BCUT2D eigenvalue weighted by atomic mass is 10.1. The highest BCUT2D eigenvalue weighted by molar-refractivity contribution is 5.78. The molecule has 1 aromatic rings. The Morgan fingerprint density at radius 2 is 2.18 bits per heavy atom. The maximum Gasteiger partial charge on any atom is 0.224 e. The maximum absolute atomic E-state index is 11.9. The molecular weight excluding hydrogens is 216 g/mol. The first-order chi connectivity index (χ1) is 7.95. The largest absolute Gasteiger partial charge is 0.349 e. The molecule has 0 aliphatic carbocycles. The van der Waals surface area contributed by atoms with Gasteiger partial charge in [0.05, 0.1) is 11.7 Å². The molecule has 0 saturated carbocycles. The normalized spacial score (nSPS) is 14.4. The van der Waals surface area contributed by atoms with Gasteiger partial charge in [-0.2, -0.15) is 5.10 Å². The van der Waals surface area contributed by atoms with E-state index in [9.17, 15) is 4.79 Å². The van der Waals surface area contributed by atoms with Crippen LogP contribution in [0.15, 0.2) is 6.20 Å². The fraction of sp³-hybridized carbons (Fsp3) is 0.667. The van der Waals surface area contributed by atoms with Gasteiger partial charge in [0.25, 0.3) is 0 Å². The summed E-state index contributed by atoms with van der Waals surface area (Å²) in [4.78, 5) is 11.9. The van der Waals surface area contributed by atoms with Crippen molar-refractivity contribution in [3.8, 4) is 0 Å². The van der Waals surface area contributed by atoms with Crippen molar-refractivity contribution in [1.29, 1.82) is 0 Å². The van der Waals surface area contributed by atoms with Crippen molar-refractivity contribution in [2.45, 2.75) is 26.8 Å². The summed E-state index contributed by atoms with van der Waals surface area (Å²) in [5.41, 5.74) is 2.03. The minimum absolute atomic E-state index is 0.00416. The summed E-state index contributed by atoms with van der Waals surface area (Å²) in [6.07, 6.45) is 1.95. The number of amides is 1. The van der Waals surface area contributed by atoms with Crippen LogP contribution in [0, 0.1) is 12.8 Å². The van der Waals surface area contributed by atoms with Gasteiger partial charge in [-0.05, 0) is 20.9 Å². The molecule has 1 heterocycles. The fourth-order valence-corrected chi connectivity index (χ4v) is 1.88. The third kappa shape index (κ3) is 3.56. The lowest BCUT2D eigenvalue weighted by molar-refractivity contribution is -0.125. The Hall–Kier alpha value is -1.36. The van der Waals surface area contributed by atoms with E-state index in [0.717, 1.165) is 11.3 Å². The quantitative estimate of drug-likeness (QED) is 0.796. The highest BCUT2D eigenvalue weighted by Crippen LogP contribution is 2.15. The Bertz CT molecular complexity index is 386. The van der Waals surface area contributed by atoms with Crippen molar-refractivity contribution in [1.82, 2.24) is 20.4 Å². The van der Waals surface area contributed by atoms with Crippen LogP contribution in [0.25, 0.3) is 0 Å². The minimum atomic E-state index is -0.0283. The Balaban J connectivity index is 2.63. The second-order valence-electron chi connectivity index (χ2n) is 4.53. The third-order valence-electron chi connectivity index (χ3n) is 2.83. The van der Waals surface area contributed by atoms with Gasteiger partial charge in [-0.1, -0.05) is 6.92 Å². The van der Waals surface area contributed by atoms with Crippen molar-refractivity contribution in [3.05, 3.63) is 17.5 Å². The summed E-state index contributed by atoms with van der Waals surface area (Å²) >= 11 is 0. The molecule has 0 aliphatic heterocycles. The summed E-state index contributed by atoms with van der Waals surface area (Å²) in [5.74, 6) is 0.0366. The van der Waals surface area contributed by atoms with E-state index < -0.39 is 0 Å². The molecule has 1 amide bonds. The molecule has 2 atom stereocenters. The van der Waals surface area contributed by atoms with Gasteiger partial charge in [0.15, 0.2) is 0 Å². The van der Waals surface area contributed by atoms with E-state index in [1.165, 1.54) is 0 Å². The van der Waals surface area contributed by atoms with E-state index in [0.29, 0.717) is 6.54 Å². The molecule has 2 unspecified atom stereocenters. The number of aromatic nitrogens is 2. The highest BCUT2D eigenvalue weighted by atomic mass is 16.1. The maximum atomic E-state index is 11.9. The van der Waals surface area contributed by atoms with Gasteiger partial charge in [-0.15, -0.1) is 0 Å². The summed E-state index contributed by atoms with van der Waals surface area (Å²) in [7, 11) is 3.73. The van der Waals surface area contributed by atoms with E-state index in [-0.39, 0.29) is 17.9 Å². The Morgan fingerprint density at radius 3 is 2.65 bits per heavy atom. The van der Waals surface area contributed by atoms with Gasteiger partial charge in [0, 0.05) is 31.3 Å². The number of nitrogens with one attached hydrogen (secondary N) is 2. The number of carbonyl (C=O) groups is 1. The lowest BCUT2D eigenvalue weighted by Gasteiger charge is -2.17. The van der Waals surface area contributed by atoms with Gasteiger partial charge >= 0.3 is 0 Å². The number of aryl methyl sites for hydroxylation is 2. The van der Waals surface area contributed by atoms with Crippen LogP contribution >= 0.6 is 0 Å². The Labute approximate surface area is 103 Å². The number of hydrogen-bond acceptors (Lipinski definition) is 3. The predicted octanol–water partition coefficient (Wildman–Crippen LogP) is 0.761. The van der Waals surface area contributed by atoms with Crippen molar-refractivity contribution in [2.24, 2.45) is 13.0 Å². The molecule has 0 spiro atoms. The van der Waals surface area contributed by atoms with Crippen LogP contribution < -0.4 is 10.6 Å². The van der Waals surface area contributed by atoms with E-state index in [1.807, 2.05) is 41.1 Å². The third-order valence-corrected chi connectivity index (χ3v) is 2.83. The van der Waals surface area contributed by atoms with Gasteiger partial charge < -0.3 is 10.6 Å². The SMILES string of the molecule is CNCC(C)C(=O)NC(C)c1cn(C)nc1C. The first-order valence-electron chi connectivity index (χ1n) is 5.90. The zero-order valence-corrected chi connectivity index (χ0v) is 11.2. The Morgan fingerprint density at radius 1 is 1.53 bits per heavy atom. The molecule has 96 valence electrons. The summed E-state index contributed by atoms with van der Waals surface area (Å²) < 4.78 is 1.77. The predicted molar refractivity (Wildman–Crippen MR) is 67.6 cm³/mol. The molecule has 2 N–H and O–H groups in total. The second-order valence-corrected chi connectivity index (χ2v) is 4.53. The molecule has 0 aromatic carbocycles. The van der Waals surface area contributed by atoms with Crippen LogP contribution in [0.3, 0.4) is 0 Å². The molecule has 0 radical (unpaired) electrons. The van der Waals surface area contributed by atoms with Gasteiger partial charge in [-0.25, -0.2) is 0 Å². The molecular formula is C12H22N4O. The molecule has 17 heavy (non-hydrogen) atoms. The van der Waals surface area contributed by atoms with E-state index in [1.54, 1.807) is 4.68 Å². The second kappa shape index (κ2) is 5.82. The first-order valence-corrected chi connectivity index (χ1v) is 5.90. The molecule has 0 fully saturated rings. The van der Waals surface area contributed by atoms with Crippen LogP contribution in [-0.2, 0) is 11.8 Å². The number of hydrogen-bond donors (Lipinski definition) is 2. The average molecular weight is 238 g/mol. The minimum Gasteiger partial charge on any atom is -0.349 e. The molecule has 1 aromatic heterocycles. The zero-order valence-electron chi connectivity index (χ0n) is 11.2. The first kappa shape index (κ1) is 13.7. The van der Waals surface area contributed by atoms with Crippen LogP contribution in [0.4, 0.5) is 0 Å². The number of carbonyl (C=O) groups excluding carboxylic acids is 1. The monoisotopic (exact) mass is 238 g/mol. The summed E-state index contributed by atoms with van der Waals surface area (Å²) in [5, 5.41) is 10.3. The zero-order chi connectivity index (χ0) is 13.0. The van der Waals surface area contributed by atoms with E-state index in [4.69, 9.17) is 0 Å². The molecule has 5 heteroatoms. The summed E-state index contributed by atoms with van der Waals surface area (Å²) in [6, 6.07) is -0.00416. The van der Waals surface area contributed by atoms with Crippen molar-refractivity contribution >= 4 is 5.91 Å². The molecule has 0 bridgehead atoms. The van der Waals surface area contributed by atoms with E-state index >= 15 is 0 Å². The lowest BCUT2D eigenvalue weighted by Crippen LogP contribution is -2.35. The van der Waals surface area contributed by atoms with Gasteiger partial charge in [-0.3, -0.25) is 9.48 Å². The smallest absolute Gasteiger partial charge is 0.224 e. The van der Waals surface area contributed by atoms with Gasteiger partial charge in [0.1, 0.15) is 0 Å².